The van der Waals surface area contributed by atoms with Gasteiger partial charge in [-0.1, -0.05) is 12.8 Å². The van der Waals surface area contributed by atoms with Crippen LogP contribution in [0.15, 0.2) is 0 Å². The van der Waals surface area contributed by atoms with Gasteiger partial charge in [0.05, 0.1) is 11.7 Å². The lowest BCUT2D eigenvalue weighted by Crippen LogP contribution is -2.55. The smallest absolute Gasteiger partial charge is 0.0845 e. The van der Waals surface area contributed by atoms with E-state index in [2.05, 4.69) is 18.7 Å². The summed E-state index contributed by atoms with van der Waals surface area (Å²) >= 11 is 5.93. The van der Waals surface area contributed by atoms with Crippen LogP contribution in [0.25, 0.3) is 0 Å². The molecule has 2 aliphatic rings. The number of halogens is 1. The van der Waals surface area contributed by atoms with E-state index in [1.54, 1.807) is 0 Å². The average Bonchev–Trinajstić information content (AvgIpc) is 2.68. The predicted molar refractivity (Wildman–Crippen MR) is 63.5 cm³/mol. The van der Waals surface area contributed by atoms with E-state index in [1.807, 2.05) is 0 Å². The summed E-state index contributed by atoms with van der Waals surface area (Å²) in [5.41, 5.74) is -0.0274. The minimum Gasteiger partial charge on any atom is -0.368 e. The van der Waals surface area contributed by atoms with E-state index in [0.717, 1.165) is 19.1 Å². The Bertz CT molecular complexity index is 214. The molecule has 2 fully saturated rings. The maximum absolute atomic E-state index is 5.94. The second-order valence-electron chi connectivity index (χ2n) is 5.52. The zero-order valence-corrected chi connectivity index (χ0v) is 10.6. The van der Waals surface area contributed by atoms with E-state index < -0.39 is 0 Å². The predicted octanol–water partition coefficient (Wildman–Crippen LogP) is 2.65. The van der Waals surface area contributed by atoms with Crippen molar-refractivity contribution in [3.05, 3.63) is 0 Å². The average molecular weight is 232 g/mol. The first kappa shape index (κ1) is 11.7. The van der Waals surface area contributed by atoms with Crippen LogP contribution in [0.4, 0.5) is 0 Å². The van der Waals surface area contributed by atoms with Crippen LogP contribution in [0.2, 0.25) is 0 Å². The van der Waals surface area contributed by atoms with Crippen LogP contribution in [-0.4, -0.2) is 41.6 Å². The van der Waals surface area contributed by atoms with Gasteiger partial charge in [0.15, 0.2) is 0 Å². The third kappa shape index (κ3) is 2.86. The molecule has 0 aromatic rings. The van der Waals surface area contributed by atoms with E-state index in [-0.39, 0.29) is 11.7 Å². The summed E-state index contributed by atoms with van der Waals surface area (Å²) in [5, 5.41) is 0. The van der Waals surface area contributed by atoms with Crippen molar-refractivity contribution in [2.75, 3.05) is 19.0 Å². The number of morpholine rings is 1. The van der Waals surface area contributed by atoms with Crippen molar-refractivity contribution in [3.63, 3.8) is 0 Å². The summed E-state index contributed by atoms with van der Waals surface area (Å²) < 4.78 is 5.94. The number of alkyl halides is 1. The molecular formula is C12H22ClNO. The Morgan fingerprint density at radius 3 is 2.60 bits per heavy atom. The third-order valence-corrected chi connectivity index (χ3v) is 3.87. The molecule has 1 aliphatic carbocycles. The SMILES string of the molecule is CC1(C)CN(C2CCCC2)CC(CCl)O1. The van der Waals surface area contributed by atoms with Gasteiger partial charge < -0.3 is 4.74 Å². The lowest BCUT2D eigenvalue weighted by Gasteiger charge is -2.44. The molecule has 15 heavy (non-hydrogen) atoms. The fourth-order valence-corrected chi connectivity index (χ4v) is 3.13. The van der Waals surface area contributed by atoms with Gasteiger partial charge in [0.25, 0.3) is 0 Å². The van der Waals surface area contributed by atoms with Gasteiger partial charge in [-0.3, -0.25) is 4.90 Å². The summed E-state index contributed by atoms with van der Waals surface area (Å²) in [4.78, 5) is 2.60. The van der Waals surface area contributed by atoms with Crippen LogP contribution < -0.4 is 0 Å². The van der Waals surface area contributed by atoms with E-state index in [1.165, 1.54) is 25.7 Å². The largest absolute Gasteiger partial charge is 0.368 e. The first-order chi connectivity index (χ1) is 7.11. The number of rotatable bonds is 2. The summed E-state index contributed by atoms with van der Waals surface area (Å²) in [6, 6.07) is 0.791. The van der Waals surface area contributed by atoms with Crippen LogP contribution in [-0.2, 0) is 4.74 Å². The Labute approximate surface area is 97.9 Å². The zero-order valence-electron chi connectivity index (χ0n) is 9.84. The Balaban J connectivity index is 1.98. The second-order valence-corrected chi connectivity index (χ2v) is 5.83. The molecular weight excluding hydrogens is 210 g/mol. The van der Waals surface area contributed by atoms with Crippen molar-refractivity contribution >= 4 is 11.6 Å². The molecule has 0 N–H and O–H groups in total. The molecule has 1 atom stereocenters. The van der Waals surface area contributed by atoms with Crippen molar-refractivity contribution < 1.29 is 4.74 Å². The second kappa shape index (κ2) is 4.60. The molecule has 1 unspecified atom stereocenters. The number of nitrogens with zero attached hydrogens (tertiary/aromatic N) is 1. The molecule has 1 saturated carbocycles. The molecule has 0 spiro atoms. The van der Waals surface area contributed by atoms with Crippen molar-refractivity contribution in [1.82, 2.24) is 4.90 Å². The molecule has 0 aromatic carbocycles. The maximum Gasteiger partial charge on any atom is 0.0845 e. The molecule has 0 amide bonds. The van der Waals surface area contributed by atoms with E-state index in [0.29, 0.717) is 5.88 Å². The maximum atomic E-state index is 5.94. The monoisotopic (exact) mass is 231 g/mol. The molecule has 1 saturated heterocycles. The van der Waals surface area contributed by atoms with E-state index in [4.69, 9.17) is 16.3 Å². The van der Waals surface area contributed by atoms with Crippen LogP contribution in [0.5, 0.6) is 0 Å². The summed E-state index contributed by atoms with van der Waals surface area (Å²) in [6.45, 7) is 6.43. The topological polar surface area (TPSA) is 12.5 Å². The Morgan fingerprint density at radius 1 is 1.33 bits per heavy atom. The lowest BCUT2D eigenvalue weighted by atomic mass is 10.0. The highest BCUT2D eigenvalue weighted by molar-refractivity contribution is 6.18. The zero-order chi connectivity index (χ0) is 10.9. The highest BCUT2D eigenvalue weighted by Gasteiger charge is 2.36. The number of ether oxygens (including phenoxy) is 1. The Morgan fingerprint density at radius 2 is 2.00 bits per heavy atom. The first-order valence-electron chi connectivity index (χ1n) is 6.08. The Hall–Kier alpha value is 0.210. The van der Waals surface area contributed by atoms with Crippen molar-refractivity contribution in [2.24, 2.45) is 0 Å². The van der Waals surface area contributed by atoms with Gasteiger partial charge in [-0.15, -0.1) is 11.6 Å². The van der Waals surface area contributed by atoms with Crippen LogP contribution in [0.1, 0.15) is 39.5 Å². The van der Waals surface area contributed by atoms with Crippen LogP contribution >= 0.6 is 11.6 Å². The third-order valence-electron chi connectivity index (χ3n) is 3.52. The molecule has 1 heterocycles. The molecule has 3 heteroatoms. The van der Waals surface area contributed by atoms with Crippen molar-refractivity contribution in [3.8, 4) is 0 Å². The standard InChI is InChI=1S/C12H22ClNO/c1-12(2)9-14(8-11(7-13)15-12)10-5-3-4-6-10/h10-11H,3-9H2,1-2H3. The van der Waals surface area contributed by atoms with Crippen molar-refractivity contribution in [2.45, 2.75) is 57.3 Å². The fraction of sp³-hybridized carbons (Fsp3) is 1.00. The molecule has 88 valence electrons. The van der Waals surface area contributed by atoms with Gasteiger partial charge >= 0.3 is 0 Å². The summed E-state index contributed by atoms with van der Waals surface area (Å²) in [7, 11) is 0. The minimum absolute atomic E-state index is 0.0274. The highest BCUT2D eigenvalue weighted by atomic mass is 35.5. The summed E-state index contributed by atoms with van der Waals surface area (Å²) in [6.07, 6.45) is 5.74. The summed E-state index contributed by atoms with van der Waals surface area (Å²) in [5.74, 6) is 0.618. The Kier molecular flexibility index (Phi) is 3.59. The van der Waals surface area contributed by atoms with Gasteiger partial charge in [-0.2, -0.15) is 0 Å². The van der Waals surface area contributed by atoms with Gasteiger partial charge in [0.2, 0.25) is 0 Å². The molecule has 2 nitrogen and oxygen atoms in total. The molecule has 2 rings (SSSR count). The number of hydrogen-bond donors (Lipinski definition) is 0. The quantitative estimate of drug-likeness (QED) is 0.678. The molecule has 0 radical (unpaired) electrons. The van der Waals surface area contributed by atoms with Gasteiger partial charge in [0.1, 0.15) is 0 Å². The van der Waals surface area contributed by atoms with Crippen molar-refractivity contribution in [1.29, 1.82) is 0 Å². The van der Waals surface area contributed by atoms with Crippen LogP contribution in [0.3, 0.4) is 0 Å². The molecule has 1 aliphatic heterocycles. The minimum atomic E-state index is -0.0274. The number of hydrogen-bond acceptors (Lipinski definition) is 2. The fourth-order valence-electron chi connectivity index (χ4n) is 2.97. The highest BCUT2D eigenvalue weighted by Crippen LogP contribution is 2.29. The molecule has 0 aromatic heterocycles. The van der Waals surface area contributed by atoms with Gasteiger partial charge in [-0.05, 0) is 26.7 Å². The van der Waals surface area contributed by atoms with Gasteiger partial charge in [-0.25, -0.2) is 0 Å². The van der Waals surface area contributed by atoms with E-state index in [9.17, 15) is 0 Å². The van der Waals surface area contributed by atoms with Crippen LogP contribution in [0, 0.1) is 0 Å². The lowest BCUT2D eigenvalue weighted by molar-refractivity contribution is -0.136. The normalized spacial score (nSPS) is 33.4. The van der Waals surface area contributed by atoms with Gasteiger partial charge in [0, 0.05) is 25.0 Å². The molecule has 0 bridgehead atoms. The first-order valence-corrected chi connectivity index (χ1v) is 6.62. The van der Waals surface area contributed by atoms with E-state index >= 15 is 0 Å².